The Bertz CT molecular complexity index is 342. The van der Waals surface area contributed by atoms with Gasteiger partial charge in [-0.1, -0.05) is 0 Å². The third-order valence-corrected chi connectivity index (χ3v) is 3.29. The average molecular weight is 223 g/mol. The van der Waals surface area contributed by atoms with Crippen LogP contribution in [-0.4, -0.2) is 29.0 Å². The van der Waals surface area contributed by atoms with Crippen LogP contribution in [0.2, 0.25) is 0 Å². The van der Waals surface area contributed by atoms with Gasteiger partial charge in [0.15, 0.2) is 0 Å². The van der Waals surface area contributed by atoms with E-state index in [9.17, 15) is 0 Å². The van der Waals surface area contributed by atoms with Gasteiger partial charge in [-0.25, -0.2) is 0 Å². The zero-order valence-electron chi connectivity index (χ0n) is 10.4. The van der Waals surface area contributed by atoms with Crippen molar-refractivity contribution in [2.45, 2.75) is 51.9 Å². The molecule has 1 aromatic rings. The van der Waals surface area contributed by atoms with Crippen molar-refractivity contribution in [3.63, 3.8) is 0 Å². The molecule has 1 aromatic heterocycles. The topological polar surface area (TPSA) is 39.1 Å². The van der Waals surface area contributed by atoms with E-state index in [1.807, 2.05) is 6.92 Å². The first kappa shape index (κ1) is 11.6. The molecule has 0 aromatic carbocycles. The van der Waals surface area contributed by atoms with Crippen LogP contribution in [0.3, 0.4) is 0 Å². The largest absolute Gasteiger partial charge is 0.381 e. The summed E-state index contributed by atoms with van der Waals surface area (Å²) < 4.78 is 7.32. The SMILES string of the molecule is CCn1nc(C)cc1CNC1CC(OC)C1. The Morgan fingerprint density at radius 2 is 2.31 bits per heavy atom. The zero-order chi connectivity index (χ0) is 11.5. The summed E-state index contributed by atoms with van der Waals surface area (Å²) in [6, 6.07) is 2.77. The number of hydrogen-bond acceptors (Lipinski definition) is 3. The summed E-state index contributed by atoms with van der Waals surface area (Å²) in [6.07, 6.45) is 2.74. The van der Waals surface area contributed by atoms with Gasteiger partial charge in [0, 0.05) is 26.2 Å². The van der Waals surface area contributed by atoms with Crippen LogP contribution in [0.4, 0.5) is 0 Å². The van der Waals surface area contributed by atoms with Crippen LogP contribution >= 0.6 is 0 Å². The second-order valence-electron chi connectivity index (χ2n) is 4.50. The van der Waals surface area contributed by atoms with Crippen molar-refractivity contribution in [2.24, 2.45) is 0 Å². The van der Waals surface area contributed by atoms with Gasteiger partial charge in [0.2, 0.25) is 0 Å². The van der Waals surface area contributed by atoms with Crippen LogP contribution in [0.1, 0.15) is 31.2 Å². The minimum atomic E-state index is 0.468. The predicted octanol–water partition coefficient (Wildman–Crippen LogP) is 1.48. The van der Waals surface area contributed by atoms with Crippen molar-refractivity contribution in [2.75, 3.05) is 7.11 Å². The maximum absolute atomic E-state index is 5.26. The van der Waals surface area contributed by atoms with Crippen molar-refractivity contribution in [1.29, 1.82) is 0 Å². The Kier molecular flexibility index (Phi) is 3.61. The summed E-state index contributed by atoms with van der Waals surface area (Å²) in [5.74, 6) is 0. The van der Waals surface area contributed by atoms with Gasteiger partial charge in [-0.05, 0) is 32.8 Å². The summed E-state index contributed by atoms with van der Waals surface area (Å²) in [7, 11) is 1.79. The minimum Gasteiger partial charge on any atom is -0.381 e. The van der Waals surface area contributed by atoms with E-state index in [-0.39, 0.29) is 0 Å². The molecule has 90 valence electrons. The van der Waals surface area contributed by atoms with E-state index in [1.165, 1.54) is 5.69 Å². The first-order valence-corrected chi connectivity index (χ1v) is 6.02. The fraction of sp³-hybridized carbons (Fsp3) is 0.750. The molecule has 0 saturated heterocycles. The van der Waals surface area contributed by atoms with Crippen LogP contribution in [0.5, 0.6) is 0 Å². The number of methoxy groups -OCH3 is 1. The highest BCUT2D eigenvalue weighted by Crippen LogP contribution is 2.22. The second-order valence-corrected chi connectivity index (χ2v) is 4.50. The lowest BCUT2D eigenvalue weighted by atomic mass is 9.89. The summed E-state index contributed by atoms with van der Waals surface area (Å²) in [5, 5.41) is 7.98. The fourth-order valence-corrected chi connectivity index (χ4v) is 2.19. The molecule has 2 rings (SSSR count). The second kappa shape index (κ2) is 4.97. The summed E-state index contributed by atoms with van der Waals surface area (Å²) in [4.78, 5) is 0. The van der Waals surface area contributed by atoms with Crippen LogP contribution < -0.4 is 5.32 Å². The number of aryl methyl sites for hydroxylation is 2. The monoisotopic (exact) mass is 223 g/mol. The lowest BCUT2D eigenvalue weighted by Crippen LogP contribution is -2.44. The molecule has 1 N–H and O–H groups in total. The van der Waals surface area contributed by atoms with Gasteiger partial charge in [-0.3, -0.25) is 4.68 Å². The van der Waals surface area contributed by atoms with Crippen molar-refractivity contribution < 1.29 is 4.74 Å². The molecule has 1 saturated carbocycles. The predicted molar refractivity (Wildman–Crippen MR) is 63.3 cm³/mol. The minimum absolute atomic E-state index is 0.468. The number of aromatic nitrogens is 2. The molecule has 0 atom stereocenters. The van der Waals surface area contributed by atoms with Crippen LogP contribution in [0.25, 0.3) is 0 Å². The zero-order valence-corrected chi connectivity index (χ0v) is 10.4. The van der Waals surface area contributed by atoms with E-state index in [2.05, 4.69) is 28.1 Å². The molecule has 4 nitrogen and oxygen atoms in total. The maximum Gasteiger partial charge on any atom is 0.0601 e. The Labute approximate surface area is 97.0 Å². The van der Waals surface area contributed by atoms with Gasteiger partial charge in [-0.15, -0.1) is 0 Å². The Morgan fingerprint density at radius 3 is 2.94 bits per heavy atom. The first-order chi connectivity index (χ1) is 7.72. The molecule has 0 aliphatic heterocycles. The Morgan fingerprint density at radius 1 is 1.56 bits per heavy atom. The number of hydrogen-bond donors (Lipinski definition) is 1. The number of nitrogens with zero attached hydrogens (tertiary/aromatic N) is 2. The van der Waals surface area contributed by atoms with E-state index >= 15 is 0 Å². The molecule has 0 radical (unpaired) electrons. The van der Waals surface area contributed by atoms with Crippen molar-refractivity contribution in [3.05, 3.63) is 17.5 Å². The molecular formula is C12H21N3O. The van der Waals surface area contributed by atoms with Gasteiger partial charge >= 0.3 is 0 Å². The van der Waals surface area contributed by atoms with Crippen LogP contribution in [0, 0.1) is 6.92 Å². The first-order valence-electron chi connectivity index (χ1n) is 6.02. The molecule has 1 fully saturated rings. The third kappa shape index (κ3) is 2.44. The smallest absolute Gasteiger partial charge is 0.0601 e. The van der Waals surface area contributed by atoms with Crippen molar-refractivity contribution >= 4 is 0 Å². The molecule has 0 unspecified atom stereocenters. The molecule has 1 aliphatic rings. The third-order valence-electron chi connectivity index (χ3n) is 3.29. The van der Waals surface area contributed by atoms with E-state index in [4.69, 9.17) is 4.74 Å². The standard InChI is InChI=1S/C12H21N3O/c1-4-15-11(5-9(2)14-15)8-13-10-6-12(7-10)16-3/h5,10,12-13H,4,6-8H2,1-3H3. The molecule has 0 bridgehead atoms. The van der Waals surface area contributed by atoms with E-state index in [0.29, 0.717) is 12.1 Å². The molecule has 4 heteroatoms. The number of ether oxygens (including phenoxy) is 1. The highest BCUT2D eigenvalue weighted by molar-refractivity contribution is 5.09. The lowest BCUT2D eigenvalue weighted by Gasteiger charge is -2.34. The highest BCUT2D eigenvalue weighted by Gasteiger charge is 2.28. The number of nitrogens with one attached hydrogen (secondary N) is 1. The Hall–Kier alpha value is -0.870. The van der Waals surface area contributed by atoms with Gasteiger partial charge in [-0.2, -0.15) is 5.10 Å². The van der Waals surface area contributed by atoms with Gasteiger partial charge in [0.25, 0.3) is 0 Å². The Balaban J connectivity index is 1.81. The summed E-state index contributed by atoms with van der Waals surface area (Å²) in [6.45, 7) is 6.02. The molecule has 1 aliphatic carbocycles. The van der Waals surface area contributed by atoms with E-state index in [1.54, 1.807) is 7.11 Å². The molecule has 0 amide bonds. The molecule has 1 heterocycles. The number of rotatable bonds is 5. The summed E-state index contributed by atoms with van der Waals surface area (Å²) in [5.41, 5.74) is 2.38. The summed E-state index contributed by atoms with van der Waals surface area (Å²) >= 11 is 0. The maximum atomic E-state index is 5.26. The normalized spacial score (nSPS) is 24.4. The van der Waals surface area contributed by atoms with Gasteiger partial charge in [0.1, 0.15) is 0 Å². The van der Waals surface area contributed by atoms with Crippen LogP contribution in [0.15, 0.2) is 6.07 Å². The van der Waals surface area contributed by atoms with Gasteiger partial charge in [0.05, 0.1) is 17.5 Å². The van der Waals surface area contributed by atoms with Crippen molar-refractivity contribution in [1.82, 2.24) is 15.1 Å². The fourth-order valence-electron chi connectivity index (χ4n) is 2.19. The van der Waals surface area contributed by atoms with Gasteiger partial charge < -0.3 is 10.1 Å². The molecule has 0 spiro atoms. The molecule has 16 heavy (non-hydrogen) atoms. The lowest BCUT2D eigenvalue weighted by molar-refractivity contribution is 0.0168. The van der Waals surface area contributed by atoms with Crippen LogP contribution in [-0.2, 0) is 17.8 Å². The molecular weight excluding hydrogens is 202 g/mol. The highest BCUT2D eigenvalue weighted by atomic mass is 16.5. The quantitative estimate of drug-likeness (QED) is 0.821. The van der Waals surface area contributed by atoms with Crippen molar-refractivity contribution in [3.8, 4) is 0 Å². The van der Waals surface area contributed by atoms with E-state index < -0.39 is 0 Å². The van der Waals surface area contributed by atoms with E-state index in [0.717, 1.165) is 31.6 Å². The average Bonchev–Trinajstić information content (AvgIpc) is 2.57.